The second kappa shape index (κ2) is 5.57. The van der Waals surface area contributed by atoms with Crippen molar-refractivity contribution in [1.29, 1.82) is 0 Å². The van der Waals surface area contributed by atoms with E-state index in [2.05, 4.69) is 33.8 Å². The monoisotopic (exact) mass is 370 g/mol. The molecule has 3 saturated carbocycles. The molecule has 1 saturated heterocycles. The number of hydrogen-bond donors (Lipinski definition) is 0. The average Bonchev–Trinajstić information content (AvgIpc) is 2.91. The minimum absolute atomic E-state index is 0.0736. The lowest BCUT2D eigenvalue weighted by Crippen LogP contribution is -2.59. The zero-order valence-electron chi connectivity index (χ0n) is 17.3. The summed E-state index contributed by atoms with van der Waals surface area (Å²) in [6.45, 7) is 10.9. The Balaban J connectivity index is 1.45. The predicted octanol–water partition coefficient (Wildman–Crippen LogP) is 5.06. The van der Waals surface area contributed by atoms with E-state index >= 15 is 0 Å². The molecule has 0 bridgehead atoms. The molecule has 1 spiro atoms. The molecule has 4 fully saturated rings. The van der Waals surface area contributed by atoms with E-state index in [1.54, 1.807) is 0 Å². The van der Waals surface area contributed by atoms with Gasteiger partial charge in [0.25, 0.3) is 0 Å². The van der Waals surface area contributed by atoms with Crippen LogP contribution in [-0.4, -0.2) is 24.8 Å². The Kier molecular flexibility index (Phi) is 3.74. The van der Waals surface area contributed by atoms with Gasteiger partial charge in [-0.25, -0.2) is 0 Å². The minimum Gasteiger partial charge on any atom is -0.349 e. The number of ether oxygens (including phenoxy) is 2. The molecule has 3 heteroatoms. The summed E-state index contributed by atoms with van der Waals surface area (Å²) in [6, 6.07) is 0. The van der Waals surface area contributed by atoms with Crippen molar-refractivity contribution in [1.82, 2.24) is 0 Å². The van der Waals surface area contributed by atoms with Gasteiger partial charge in [0.05, 0.1) is 13.2 Å². The normalized spacial score (nSPS) is 47.2. The smallest absolute Gasteiger partial charge is 0.178 e. The fourth-order valence-electron chi connectivity index (χ4n) is 7.34. The van der Waals surface area contributed by atoms with E-state index < -0.39 is 0 Å². The lowest BCUT2D eigenvalue weighted by molar-refractivity contribution is -0.346. The molecular formula is C24H34O3. The van der Waals surface area contributed by atoms with Crippen molar-refractivity contribution in [3.05, 3.63) is 23.8 Å². The highest BCUT2D eigenvalue weighted by Crippen LogP contribution is 2.68. The van der Waals surface area contributed by atoms with Crippen LogP contribution >= 0.6 is 0 Å². The Labute approximate surface area is 163 Å². The summed E-state index contributed by atoms with van der Waals surface area (Å²) in [5.41, 5.74) is 1.69. The van der Waals surface area contributed by atoms with Gasteiger partial charge in [-0.1, -0.05) is 39.3 Å². The first-order chi connectivity index (χ1) is 12.7. The van der Waals surface area contributed by atoms with E-state index in [9.17, 15) is 4.79 Å². The maximum atomic E-state index is 11.9. The van der Waals surface area contributed by atoms with E-state index in [1.807, 2.05) is 12.2 Å². The van der Waals surface area contributed by atoms with E-state index in [0.717, 1.165) is 26.1 Å². The second-order valence-electron chi connectivity index (χ2n) is 11.1. The van der Waals surface area contributed by atoms with Crippen LogP contribution < -0.4 is 0 Å². The topological polar surface area (TPSA) is 35.5 Å². The van der Waals surface area contributed by atoms with E-state index in [1.165, 1.54) is 31.3 Å². The van der Waals surface area contributed by atoms with Crippen molar-refractivity contribution >= 4 is 5.78 Å². The average molecular weight is 371 g/mol. The summed E-state index contributed by atoms with van der Waals surface area (Å²) in [5, 5.41) is 0. The predicted molar refractivity (Wildman–Crippen MR) is 105 cm³/mol. The Morgan fingerprint density at radius 1 is 0.963 bits per heavy atom. The van der Waals surface area contributed by atoms with Crippen LogP contribution in [0.25, 0.3) is 0 Å². The molecule has 4 aliphatic carbocycles. The molecule has 3 nitrogen and oxygen atoms in total. The number of fused-ring (bicyclic) bond motifs is 6. The molecule has 5 atom stereocenters. The van der Waals surface area contributed by atoms with Crippen molar-refractivity contribution in [2.24, 2.45) is 34.0 Å². The molecule has 148 valence electrons. The van der Waals surface area contributed by atoms with Crippen molar-refractivity contribution in [2.45, 2.75) is 72.0 Å². The third-order valence-electron chi connectivity index (χ3n) is 8.99. The van der Waals surface area contributed by atoms with E-state index in [-0.39, 0.29) is 27.8 Å². The number of rotatable bonds is 0. The number of carbonyl (C=O) groups excluding carboxylic acids is 1. The molecule has 27 heavy (non-hydrogen) atoms. The Morgan fingerprint density at radius 3 is 2.41 bits per heavy atom. The van der Waals surface area contributed by atoms with Crippen LogP contribution in [0.15, 0.2) is 23.8 Å². The largest absolute Gasteiger partial charge is 0.349 e. The van der Waals surface area contributed by atoms with Gasteiger partial charge in [-0.15, -0.1) is 0 Å². The summed E-state index contributed by atoms with van der Waals surface area (Å²) < 4.78 is 13.1. The Hall–Kier alpha value is -0.930. The molecule has 1 heterocycles. The zero-order chi connectivity index (χ0) is 19.1. The maximum absolute atomic E-state index is 11.9. The molecule has 5 aliphatic rings. The molecule has 1 aliphatic heterocycles. The van der Waals surface area contributed by atoms with Gasteiger partial charge in [0.1, 0.15) is 0 Å². The highest BCUT2D eigenvalue weighted by Gasteiger charge is 2.66. The molecular weight excluding hydrogens is 336 g/mol. The van der Waals surface area contributed by atoms with E-state index in [4.69, 9.17) is 9.47 Å². The summed E-state index contributed by atoms with van der Waals surface area (Å²) in [7, 11) is 0. The van der Waals surface area contributed by atoms with Gasteiger partial charge in [0, 0.05) is 22.7 Å². The summed E-state index contributed by atoms with van der Waals surface area (Å²) >= 11 is 0. The lowest BCUT2D eigenvalue weighted by Gasteiger charge is -2.59. The second-order valence-corrected chi connectivity index (χ2v) is 11.1. The summed E-state index contributed by atoms with van der Waals surface area (Å²) in [6.07, 6.45) is 12.9. The fraction of sp³-hybridized carbons (Fsp3) is 0.792. The first kappa shape index (κ1) is 18.1. The zero-order valence-corrected chi connectivity index (χ0v) is 17.3. The quantitative estimate of drug-likeness (QED) is 0.598. The molecule has 0 unspecified atom stereocenters. The minimum atomic E-state index is -0.368. The van der Waals surface area contributed by atoms with Gasteiger partial charge in [-0.3, -0.25) is 4.79 Å². The van der Waals surface area contributed by atoms with E-state index in [0.29, 0.717) is 17.8 Å². The van der Waals surface area contributed by atoms with Gasteiger partial charge >= 0.3 is 0 Å². The SMILES string of the molecule is CC1(C)COC2(CC[C@H]3[C@@H]4CCC5=CC(=O)C=C[C@]5(C)[C@H]4CC[C@@]32C)OC1. The molecule has 5 rings (SSSR count). The van der Waals surface area contributed by atoms with Crippen molar-refractivity contribution in [3.8, 4) is 0 Å². The Morgan fingerprint density at radius 2 is 1.67 bits per heavy atom. The highest BCUT2D eigenvalue weighted by molar-refractivity contribution is 6.01. The van der Waals surface area contributed by atoms with Crippen molar-refractivity contribution < 1.29 is 14.3 Å². The van der Waals surface area contributed by atoms with Crippen LogP contribution in [0.5, 0.6) is 0 Å². The number of allylic oxidation sites excluding steroid dienone is 4. The molecule has 0 N–H and O–H groups in total. The van der Waals surface area contributed by atoms with Crippen LogP contribution in [0.3, 0.4) is 0 Å². The Bertz CT molecular complexity index is 722. The standard InChI is InChI=1S/C24H34O3/c1-21(2)14-26-24(27-15-21)12-9-20-18-6-5-16-13-17(25)7-10-22(16,3)19(18)8-11-23(20,24)4/h7,10,13,18-20H,5-6,8-9,11-12,14-15H2,1-4H3/t18-,19+,20+,22+,23+/m1/s1. The fourth-order valence-corrected chi connectivity index (χ4v) is 7.34. The lowest BCUT2D eigenvalue weighted by atomic mass is 9.48. The molecule has 0 aromatic rings. The molecule has 0 aromatic carbocycles. The first-order valence-corrected chi connectivity index (χ1v) is 10.9. The van der Waals surface area contributed by atoms with Gasteiger partial charge in [-0.2, -0.15) is 0 Å². The van der Waals surface area contributed by atoms with Crippen molar-refractivity contribution in [3.63, 3.8) is 0 Å². The van der Waals surface area contributed by atoms with Crippen LogP contribution in [0.4, 0.5) is 0 Å². The third-order valence-corrected chi connectivity index (χ3v) is 8.99. The molecule has 0 amide bonds. The van der Waals surface area contributed by atoms with Crippen molar-refractivity contribution in [2.75, 3.05) is 13.2 Å². The van der Waals surface area contributed by atoms with Gasteiger partial charge in [0.15, 0.2) is 11.6 Å². The van der Waals surface area contributed by atoms with Crippen LogP contribution in [0.2, 0.25) is 0 Å². The highest BCUT2D eigenvalue weighted by atomic mass is 16.7. The summed E-state index contributed by atoms with van der Waals surface area (Å²) in [5.74, 6) is 1.84. The van der Waals surface area contributed by atoms with Crippen LogP contribution in [-0.2, 0) is 14.3 Å². The molecule has 0 aromatic heterocycles. The first-order valence-electron chi connectivity index (χ1n) is 10.9. The third kappa shape index (κ3) is 2.37. The van der Waals surface area contributed by atoms with Gasteiger partial charge in [0.2, 0.25) is 0 Å². The molecule has 0 radical (unpaired) electrons. The number of hydrogen-bond acceptors (Lipinski definition) is 3. The van der Waals surface area contributed by atoms with Gasteiger partial charge in [-0.05, 0) is 62.0 Å². The maximum Gasteiger partial charge on any atom is 0.178 e. The van der Waals surface area contributed by atoms with Crippen LogP contribution in [0.1, 0.15) is 66.2 Å². The van der Waals surface area contributed by atoms with Crippen LogP contribution in [0, 0.1) is 34.0 Å². The number of ketones is 1. The number of carbonyl (C=O) groups is 1. The van der Waals surface area contributed by atoms with Gasteiger partial charge < -0.3 is 9.47 Å². The summed E-state index contributed by atoms with van der Waals surface area (Å²) in [4.78, 5) is 11.9.